The van der Waals surface area contributed by atoms with E-state index in [1.54, 1.807) is 13.8 Å². The highest BCUT2D eigenvalue weighted by Crippen LogP contribution is 2.32. The van der Waals surface area contributed by atoms with Crippen LogP contribution < -0.4 is 10.5 Å². The molecule has 3 rings (SSSR count). The summed E-state index contributed by atoms with van der Waals surface area (Å²) >= 11 is 6.17. The average molecular weight is 521 g/mol. The Morgan fingerprint density at radius 3 is 2.47 bits per heavy atom. The second kappa shape index (κ2) is 8.67. The molecule has 184 valence electrons. The van der Waals surface area contributed by atoms with E-state index in [0.717, 1.165) is 13.8 Å². The summed E-state index contributed by atoms with van der Waals surface area (Å²) in [6.45, 7) is 4.95. The second-order valence-electron chi connectivity index (χ2n) is 7.99. The monoisotopic (exact) mass is 520 g/mol. The molecule has 1 aromatic carbocycles. The van der Waals surface area contributed by atoms with Crippen LogP contribution in [0, 0.1) is 13.8 Å². The molecule has 0 spiro atoms. The molecule has 2 heterocycles. The van der Waals surface area contributed by atoms with E-state index >= 15 is 0 Å². The van der Waals surface area contributed by atoms with Gasteiger partial charge in [-0.15, -0.1) is 0 Å². The van der Waals surface area contributed by atoms with Crippen LogP contribution >= 0.6 is 11.6 Å². The maximum atomic E-state index is 12.9. The van der Waals surface area contributed by atoms with E-state index in [2.05, 4.69) is 24.4 Å². The Labute approximate surface area is 197 Å². The van der Waals surface area contributed by atoms with Crippen molar-refractivity contribution in [3.05, 3.63) is 34.7 Å². The summed E-state index contributed by atoms with van der Waals surface area (Å²) in [4.78, 5) is 23.4. The van der Waals surface area contributed by atoms with Crippen molar-refractivity contribution in [1.82, 2.24) is 24.1 Å². The number of aromatic nitrogens is 4. The first-order valence-corrected chi connectivity index (χ1v) is 11.5. The first kappa shape index (κ1) is 25.6. The van der Waals surface area contributed by atoms with Crippen molar-refractivity contribution < 1.29 is 31.1 Å². The van der Waals surface area contributed by atoms with E-state index in [9.17, 15) is 26.4 Å². The third-order valence-corrected chi connectivity index (χ3v) is 6.47. The molecule has 2 aromatic heterocycles. The number of imidazole rings is 1. The van der Waals surface area contributed by atoms with Crippen molar-refractivity contribution in [2.75, 3.05) is 12.3 Å². The lowest BCUT2D eigenvalue weighted by atomic mass is 10.1. The van der Waals surface area contributed by atoms with Gasteiger partial charge in [0, 0.05) is 11.8 Å². The molecule has 0 aliphatic rings. The van der Waals surface area contributed by atoms with Crippen LogP contribution in [0.4, 0.5) is 19.1 Å². The summed E-state index contributed by atoms with van der Waals surface area (Å²) in [5, 5.41) is -0.127. The fraction of sp³-hybridized carbons (Fsp3) is 0.368. The zero-order valence-corrected chi connectivity index (χ0v) is 19.9. The molecule has 0 aliphatic heterocycles. The number of nitrogens with one attached hydrogen (secondary N) is 1. The van der Waals surface area contributed by atoms with Crippen LogP contribution in [0.15, 0.2) is 23.2 Å². The largest absolute Gasteiger partial charge is 0.490 e. The molecule has 0 saturated carbocycles. The van der Waals surface area contributed by atoms with Crippen molar-refractivity contribution in [3.8, 4) is 11.3 Å². The number of nitrogens with two attached hydrogens (primary N) is 1. The van der Waals surface area contributed by atoms with E-state index in [1.807, 2.05) is 0 Å². The number of anilines is 1. The number of esters is 1. The maximum absolute atomic E-state index is 12.9. The molecule has 0 unspecified atom stereocenters. The first-order valence-electron chi connectivity index (χ1n) is 9.60. The molecule has 0 radical (unpaired) electrons. The lowest BCUT2D eigenvalue weighted by molar-refractivity contribution is -0.210. The fourth-order valence-electron chi connectivity index (χ4n) is 2.96. The number of nitrogen functional groups attached to an aromatic ring is 1. The number of halogens is 4. The van der Waals surface area contributed by atoms with Gasteiger partial charge in [0.15, 0.2) is 0 Å². The van der Waals surface area contributed by atoms with E-state index in [4.69, 9.17) is 17.3 Å². The summed E-state index contributed by atoms with van der Waals surface area (Å²) < 4.78 is 71.2. The molecular formula is C19H20ClF3N6O4S. The number of rotatable bonds is 6. The highest BCUT2D eigenvalue weighted by Gasteiger charge is 2.44. The van der Waals surface area contributed by atoms with Gasteiger partial charge in [0.25, 0.3) is 0 Å². The second-order valence-corrected chi connectivity index (χ2v) is 10.1. The minimum atomic E-state index is -5.22. The Balaban J connectivity index is 1.94. The Bertz CT molecular complexity index is 1390. The Morgan fingerprint density at radius 2 is 1.85 bits per heavy atom. The van der Waals surface area contributed by atoms with Crippen molar-refractivity contribution >= 4 is 39.3 Å². The van der Waals surface area contributed by atoms with Crippen LogP contribution in [-0.2, 0) is 19.6 Å². The van der Waals surface area contributed by atoms with Crippen molar-refractivity contribution in [2.45, 2.75) is 44.4 Å². The predicted octanol–water partition coefficient (Wildman–Crippen LogP) is 2.81. The summed E-state index contributed by atoms with van der Waals surface area (Å²) in [6.07, 6.45) is -3.68. The molecule has 34 heavy (non-hydrogen) atoms. The van der Waals surface area contributed by atoms with E-state index in [-0.39, 0.29) is 21.6 Å². The van der Waals surface area contributed by atoms with Crippen LogP contribution in [0.1, 0.15) is 25.2 Å². The predicted molar refractivity (Wildman–Crippen MR) is 117 cm³/mol. The van der Waals surface area contributed by atoms with Gasteiger partial charge >= 0.3 is 12.1 Å². The quantitative estimate of drug-likeness (QED) is 0.472. The molecule has 0 fully saturated rings. The lowest BCUT2D eigenvalue weighted by Gasteiger charge is -2.26. The standard InChI is InChI=1S/C19H20ClF3N6O4S/c1-9-5-12(20)14(34(31,32)25-8-18(3,4)33-15(30)19(21,22)23)6-11(9)13-7-29-16(24)26-10(2)27-17(29)28-13/h5-7,25H,8H2,1-4H3,(H2,24,26,27,28). The van der Waals surface area contributed by atoms with Crippen LogP contribution in [0.5, 0.6) is 0 Å². The third-order valence-electron chi connectivity index (χ3n) is 4.60. The van der Waals surface area contributed by atoms with Gasteiger partial charge in [0.05, 0.1) is 17.3 Å². The highest BCUT2D eigenvalue weighted by atomic mass is 35.5. The number of hydrogen-bond donors (Lipinski definition) is 2. The zero-order valence-electron chi connectivity index (χ0n) is 18.4. The number of aryl methyl sites for hydroxylation is 2. The Kier molecular flexibility index (Phi) is 6.54. The number of benzene rings is 1. The van der Waals surface area contributed by atoms with Gasteiger partial charge in [-0.3, -0.25) is 4.40 Å². The number of alkyl halides is 3. The molecule has 15 heteroatoms. The number of hydrogen-bond acceptors (Lipinski definition) is 8. The Hall–Kier alpha value is -2.97. The highest BCUT2D eigenvalue weighted by molar-refractivity contribution is 7.89. The van der Waals surface area contributed by atoms with Crippen LogP contribution in [-0.4, -0.2) is 52.1 Å². The SMILES string of the molecule is Cc1nc(N)n2cc(-c3cc(S(=O)(=O)NCC(C)(C)OC(=O)C(F)(F)F)c(Cl)cc3C)nc2n1. The molecule has 0 atom stereocenters. The molecule has 0 aliphatic carbocycles. The summed E-state index contributed by atoms with van der Waals surface area (Å²) in [6, 6.07) is 2.68. The number of sulfonamides is 1. The van der Waals surface area contributed by atoms with E-state index in [1.165, 1.54) is 22.7 Å². The molecule has 0 amide bonds. The van der Waals surface area contributed by atoms with E-state index in [0.29, 0.717) is 22.6 Å². The number of nitrogens with zero attached hydrogens (tertiary/aromatic N) is 4. The van der Waals surface area contributed by atoms with Gasteiger partial charge in [-0.2, -0.15) is 23.1 Å². The first-order chi connectivity index (χ1) is 15.5. The summed E-state index contributed by atoms with van der Waals surface area (Å²) in [5.41, 5.74) is 5.43. The van der Waals surface area contributed by atoms with Crippen molar-refractivity contribution in [2.24, 2.45) is 0 Å². The number of carbonyl (C=O) groups excluding carboxylic acids is 1. The van der Waals surface area contributed by atoms with Gasteiger partial charge in [-0.25, -0.2) is 22.9 Å². The molecule has 3 N–H and O–H groups in total. The minimum absolute atomic E-state index is 0.127. The Morgan fingerprint density at radius 1 is 1.21 bits per heavy atom. The van der Waals surface area contributed by atoms with Crippen molar-refractivity contribution in [1.29, 1.82) is 0 Å². The van der Waals surface area contributed by atoms with Gasteiger partial charge in [0.2, 0.25) is 21.7 Å². The third kappa shape index (κ3) is 5.39. The molecule has 0 bridgehead atoms. The van der Waals surface area contributed by atoms with Crippen molar-refractivity contribution in [3.63, 3.8) is 0 Å². The normalized spacial score (nSPS) is 12.8. The van der Waals surface area contributed by atoms with Crippen LogP contribution in [0.2, 0.25) is 5.02 Å². The smallest absolute Gasteiger partial charge is 0.452 e. The van der Waals surface area contributed by atoms with Gasteiger partial charge in [-0.1, -0.05) is 11.6 Å². The lowest BCUT2D eigenvalue weighted by Crippen LogP contribution is -2.44. The molecule has 10 nitrogen and oxygen atoms in total. The fourth-order valence-corrected chi connectivity index (χ4v) is 4.77. The minimum Gasteiger partial charge on any atom is -0.452 e. The molecule has 3 aromatic rings. The van der Waals surface area contributed by atoms with Gasteiger partial charge < -0.3 is 10.5 Å². The summed E-state index contributed by atoms with van der Waals surface area (Å²) in [7, 11) is -4.33. The molecule has 0 saturated heterocycles. The van der Waals surface area contributed by atoms with Crippen LogP contribution in [0.25, 0.3) is 17.0 Å². The zero-order chi connectivity index (χ0) is 25.6. The van der Waals surface area contributed by atoms with Gasteiger partial charge in [0.1, 0.15) is 16.3 Å². The number of carbonyl (C=O) groups is 1. The summed E-state index contributed by atoms with van der Waals surface area (Å²) in [5.74, 6) is -1.64. The topological polar surface area (TPSA) is 142 Å². The number of fused-ring (bicyclic) bond motifs is 1. The maximum Gasteiger partial charge on any atom is 0.490 e. The average Bonchev–Trinajstić information content (AvgIpc) is 3.09. The molecular weight excluding hydrogens is 501 g/mol. The van der Waals surface area contributed by atoms with Crippen LogP contribution in [0.3, 0.4) is 0 Å². The van der Waals surface area contributed by atoms with E-state index < -0.39 is 34.3 Å². The van der Waals surface area contributed by atoms with Gasteiger partial charge in [-0.05, 0) is 45.4 Å². The number of ether oxygens (including phenoxy) is 1.